The van der Waals surface area contributed by atoms with Crippen molar-refractivity contribution in [3.8, 4) is 0 Å². The zero-order chi connectivity index (χ0) is 7.28. The van der Waals surface area contributed by atoms with Crippen LogP contribution < -0.4 is 5.73 Å². The lowest BCUT2D eigenvalue weighted by atomic mass is 10.2. The molecule has 0 heterocycles. The van der Waals surface area contributed by atoms with E-state index in [1.807, 2.05) is 6.92 Å². The van der Waals surface area contributed by atoms with E-state index >= 15 is 0 Å². The fourth-order valence-corrected chi connectivity index (χ4v) is 0.677. The normalized spacial score (nSPS) is 15.1. The van der Waals surface area contributed by atoms with Crippen molar-refractivity contribution in [3.63, 3.8) is 0 Å². The third-order valence-corrected chi connectivity index (χ3v) is 1.42. The number of nitrogens with two attached hydrogens (primary N) is 1. The molecule has 0 amide bonds. The largest absolute Gasteiger partial charge is 0.404 e. The topological polar surface area (TPSA) is 35.2 Å². The quantitative estimate of drug-likeness (QED) is 0.472. The molecule has 0 aromatic heterocycles. The highest BCUT2D eigenvalue weighted by Crippen LogP contribution is 1.99. The molecular formula is C6H11NOS. The van der Waals surface area contributed by atoms with Crippen molar-refractivity contribution in [1.82, 2.24) is 0 Å². The summed E-state index contributed by atoms with van der Waals surface area (Å²) >= 11 is 4.66. The summed E-state index contributed by atoms with van der Waals surface area (Å²) in [5.74, 6) is 0. The highest BCUT2D eigenvalue weighted by atomic mass is 32.1. The highest BCUT2D eigenvalue weighted by molar-refractivity contribution is 7.79. The van der Waals surface area contributed by atoms with Crippen LogP contribution in [0.25, 0.3) is 0 Å². The molecule has 0 radical (unpaired) electrons. The Hall–Kier alpha value is -0.410. The molecule has 0 saturated heterocycles. The molecule has 0 spiro atoms. The van der Waals surface area contributed by atoms with Gasteiger partial charge in [-0.15, -0.1) is 0 Å². The average Bonchev–Trinajstić information content (AvgIpc) is 1.90. The fourth-order valence-electron chi connectivity index (χ4n) is 0.407. The van der Waals surface area contributed by atoms with E-state index in [9.17, 15) is 0 Å². The van der Waals surface area contributed by atoms with Crippen LogP contribution >= 0.6 is 12.2 Å². The molecular weight excluding hydrogens is 134 g/mol. The van der Waals surface area contributed by atoms with Gasteiger partial charge in [-0.2, -0.15) is 0 Å². The summed E-state index contributed by atoms with van der Waals surface area (Å²) in [4.78, 5) is 0. The van der Waals surface area contributed by atoms with Crippen LogP contribution in [0.4, 0.5) is 0 Å². The zero-order valence-electron chi connectivity index (χ0n) is 5.63. The van der Waals surface area contributed by atoms with Crippen molar-refractivity contribution in [1.29, 1.82) is 0 Å². The third kappa shape index (κ3) is 2.58. The Kier molecular flexibility index (Phi) is 4.26. The van der Waals surface area contributed by atoms with Crippen LogP contribution in [0.3, 0.4) is 0 Å². The minimum absolute atomic E-state index is 0.00694. The Morgan fingerprint density at radius 1 is 1.78 bits per heavy atom. The monoisotopic (exact) mass is 145 g/mol. The maximum atomic E-state index is 5.22. The Morgan fingerprint density at radius 2 is 2.33 bits per heavy atom. The molecule has 0 fully saturated rings. The number of hydrogen-bond acceptors (Lipinski definition) is 3. The predicted molar refractivity (Wildman–Crippen MR) is 42.4 cm³/mol. The lowest BCUT2D eigenvalue weighted by molar-refractivity contribution is 0.152. The first-order valence-corrected chi connectivity index (χ1v) is 3.13. The summed E-state index contributed by atoms with van der Waals surface area (Å²) in [6, 6.07) is 0. The van der Waals surface area contributed by atoms with Gasteiger partial charge in [-0.05, 0) is 6.92 Å². The first-order valence-electron chi connectivity index (χ1n) is 2.66. The molecule has 0 aromatic rings. The van der Waals surface area contributed by atoms with Gasteiger partial charge in [0, 0.05) is 24.3 Å². The molecule has 0 aliphatic heterocycles. The molecule has 1 unspecified atom stereocenters. The van der Waals surface area contributed by atoms with Gasteiger partial charge in [0.2, 0.25) is 0 Å². The van der Waals surface area contributed by atoms with Crippen LogP contribution in [-0.4, -0.2) is 18.6 Å². The lowest BCUT2D eigenvalue weighted by Crippen LogP contribution is -2.10. The minimum atomic E-state index is 0.00694. The summed E-state index contributed by atoms with van der Waals surface area (Å²) in [5.41, 5.74) is 6.06. The smallest absolute Gasteiger partial charge is 0.0814 e. The van der Waals surface area contributed by atoms with Gasteiger partial charge in [-0.25, -0.2) is 0 Å². The molecule has 2 N–H and O–H groups in total. The first kappa shape index (κ1) is 8.59. The average molecular weight is 145 g/mol. The number of methoxy groups -OCH3 is 1. The molecule has 0 aliphatic rings. The number of hydrogen-bond donors (Lipinski definition) is 1. The summed E-state index contributed by atoms with van der Waals surface area (Å²) in [6.07, 6.45) is 1.47. The first-order chi connectivity index (χ1) is 4.26. The third-order valence-electron chi connectivity index (χ3n) is 1.15. The number of rotatable bonds is 3. The maximum absolute atomic E-state index is 5.22. The van der Waals surface area contributed by atoms with Crippen LogP contribution in [0.5, 0.6) is 0 Å². The van der Waals surface area contributed by atoms with Crippen molar-refractivity contribution in [2.75, 3.05) is 7.11 Å². The van der Waals surface area contributed by atoms with E-state index in [-0.39, 0.29) is 6.10 Å². The molecule has 0 aromatic carbocycles. The van der Waals surface area contributed by atoms with Crippen LogP contribution in [-0.2, 0) is 4.74 Å². The summed E-state index contributed by atoms with van der Waals surface area (Å²) in [7, 11) is 1.62. The Balaban J connectivity index is 3.95. The summed E-state index contributed by atoms with van der Waals surface area (Å²) in [5, 5.41) is 1.52. The molecule has 3 heteroatoms. The number of ether oxygens (including phenoxy) is 1. The van der Waals surface area contributed by atoms with Crippen molar-refractivity contribution >= 4 is 17.6 Å². The van der Waals surface area contributed by atoms with E-state index in [1.54, 1.807) is 7.11 Å². The SMILES string of the molecule is COC(C)C(C=S)=CN. The van der Waals surface area contributed by atoms with Gasteiger partial charge in [0.15, 0.2) is 0 Å². The maximum Gasteiger partial charge on any atom is 0.0814 e. The van der Waals surface area contributed by atoms with Crippen LogP contribution in [0.15, 0.2) is 11.8 Å². The van der Waals surface area contributed by atoms with E-state index < -0.39 is 0 Å². The molecule has 52 valence electrons. The van der Waals surface area contributed by atoms with E-state index in [0.717, 1.165) is 5.57 Å². The summed E-state index contributed by atoms with van der Waals surface area (Å²) < 4.78 is 4.95. The van der Waals surface area contributed by atoms with Gasteiger partial charge in [-0.1, -0.05) is 12.2 Å². The van der Waals surface area contributed by atoms with Gasteiger partial charge in [-0.3, -0.25) is 0 Å². The second-order valence-corrected chi connectivity index (χ2v) is 1.90. The zero-order valence-corrected chi connectivity index (χ0v) is 6.44. The van der Waals surface area contributed by atoms with E-state index in [0.29, 0.717) is 0 Å². The number of thiocarbonyl (C=S) groups is 1. The second-order valence-electron chi connectivity index (χ2n) is 1.66. The van der Waals surface area contributed by atoms with Gasteiger partial charge < -0.3 is 10.5 Å². The van der Waals surface area contributed by atoms with Crippen LogP contribution in [0.2, 0.25) is 0 Å². The van der Waals surface area contributed by atoms with E-state index in [1.165, 1.54) is 11.6 Å². The van der Waals surface area contributed by atoms with Crippen molar-refractivity contribution in [3.05, 3.63) is 11.8 Å². The molecule has 2 nitrogen and oxygen atoms in total. The Labute approximate surface area is 60.7 Å². The van der Waals surface area contributed by atoms with E-state index in [4.69, 9.17) is 10.5 Å². The van der Waals surface area contributed by atoms with Crippen molar-refractivity contribution < 1.29 is 4.74 Å². The minimum Gasteiger partial charge on any atom is -0.404 e. The van der Waals surface area contributed by atoms with Crippen molar-refractivity contribution in [2.45, 2.75) is 13.0 Å². The summed E-state index contributed by atoms with van der Waals surface area (Å²) in [6.45, 7) is 1.89. The van der Waals surface area contributed by atoms with Gasteiger partial charge in [0.25, 0.3) is 0 Å². The molecule has 9 heavy (non-hydrogen) atoms. The highest BCUT2D eigenvalue weighted by Gasteiger charge is 2.01. The Morgan fingerprint density at radius 3 is 2.44 bits per heavy atom. The van der Waals surface area contributed by atoms with Crippen molar-refractivity contribution in [2.24, 2.45) is 5.73 Å². The molecule has 1 atom stereocenters. The molecule has 0 saturated carbocycles. The second kappa shape index (κ2) is 4.47. The van der Waals surface area contributed by atoms with Gasteiger partial charge in [0.05, 0.1) is 6.10 Å². The lowest BCUT2D eigenvalue weighted by Gasteiger charge is -2.07. The van der Waals surface area contributed by atoms with E-state index in [2.05, 4.69) is 12.2 Å². The molecule has 0 bridgehead atoms. The fraction of sp³-hybridized carbons (Fsp3) is 0.500. The molecule has 0 rings (SSSR count). The van der Waals surface area contributed by atoms with Crippen LogP contribution in [0.1, 0.15) is 6.92 Å². The predicted octanol–water partition coefficient (Wildman–Crippen LogP) is 0.864. The standard InChI is InChI=1S/C6H11NOS/c1-5(8-2)6(3-7)4-9/h3-5H,7H2,1-2H3. The Bertz CT molecular complexity index is 122. The van der Waals surface area contributed by atoms with Gasteiger partial charge >= 0.3 is 0 Å². The molecule has 0 aliphatic carbocycles. The van der Waals surface area contributed by atoms with Crippen LogP contribution in [0, 0.1) is 0 Å². The van der Waals surface area contributed by atoms with Gasteiger partial charge in [0.1, 0.15) is 0 Å².